The Kier molecular flexibility index (Phi) is 9.80. The van der Waals surface area contributed by atoms with Crippen LogP contribution in [0.25, 0.3) is 97.4 Å². The number of anilines is 2. The van der Waals surface area contributed by atoms with Gasteiger partial charge in [-0.05, 0) is 110 Å². The Hall–Kier alpha value is -8.50. The molecule has 0 aliphatic heterocycles. The van der Waals surface area contributed by atoms with Gasteiger partial charge >= 0.3 is 0 Å². The molecular formula is C65H44N2S. The van der Waals surface area contributed by atoms with Crippen LogP contribution in [-0.2, 0) is 0 Å². The zero-order chi connectivity index (χ0) is 45.0. The minimum absolute atomic E-state index is 0.766. The molecule has 0 unspecified atom stereocenters. The van der Waals surface area contributed by atoms with E-state index in [9.17, 15) is 0 Å². The van der Waals surface area contributed by atoms with Crippen molar-refractivity contribution < 1.29 is 0 Å². The van der Waals surface area contributed by atoms with Gasteiger partial charge in [0.25, 0.3) is 0 Å². The highest BCUT2D eigenvalue weighted by Crippen LogP contribution is 2.43. The van der Waals surface area contributed by atoms with Gasteiger partial charge in [-0.2, -0.15) is 0 Å². The molecule has 10 aromatic carbocycles. The highest BCUT2D eigenvalue weighted by atomic mass is 32.1. The van der Waals surface area contributed by atoms with Crippen LogP contribution in [0.3, 0.4) is 0 Å². The van der Waals surface area contributed by atoms with Crippen LogP contribution in [0.2, 0.25) is 0 Å². The van der Waals surface area contributed by atoms with Crippen LogP contribution in [0, 0.1) is 0 Å². The Bertz CT molecular complexity index is 3930. The third kappa shape index (κ3) is 6.95. The van der Waals surface area contributed by atoms with Gasteiger partial charge in [-0.3, -0.25) is 0 Å². The fourth-order valence-corrected chi connectivity index (χ4v) is 11.5. The first-order valence-corrected chi connectivity index (χ1v) is 24.2. The van der Waals surface area contributed by atoms with Crippen molar-refractivity contribution in [2.45, 2.75) is 6.42 Å². The van der Waals surface area contributed by atoms with E-state index in [4.69, 9.17) is 0 Å². The smallest absolute Gasteiger partial charge is 0.0541 e. The molecule has 2 heterocycles. The Morgan fingerprint density at radius 2 is 1.01 bits per heavy atom. The van der Waals surface area contributed by atoms with Gasteiger partial charge in [-0.1, -0.05) is 194 Å². The Balaban J connectivity index is 0.870. The molecule has 12 aromatic rings. The van der Waals surface area contributed by atoms with Crippen molar-refractivity contribution in [3.8, 4) is 39.1 Å². The molecule has 3 heteroatoms. The topological polar surface area (TPSA) is 8.17 Å². The van der Waals surface area contributed by atoms with Gasteiger partial charge in [-0.15, -0.1) is 11.3 Å². The SMILES string of the molecule is C1=CC(c2ccc(-c3cccc(-n4c5ccccc5c5ccccc54)c3)cc2)=CC=C(N(c2ccc(-c3cccc4ccccc34)cc2)c2ccccc2-c2ccc3c(c2)sc2ccccc23)C1. The molecule has 0 radical (unpaired) electrons. The summed E-state index contributed by atoms with van der Waals surface area (Å²) in [6.07, 6.45) is 9.98. The first-order valence-electron chi connectivity index (χ1n) is 23.4. The summed E-state index contributed by atoms with van der Waals surface area (Å²) in [5.74, 6) is 0. The second kappa shape index (κ2) is 16.7. The third-order valence-corrected chi connectivity index (χ3v) is 14.8. The van der Waals surface area contributed by atoms with Crippen molar-refractivity contribution in [1.29, 1.82) is 0 Å². The van der Waals surface area contributed by atoms with E-state index < -0.39 is 0 Å². The average Bonchev–Trinajstić information content (AvgIpc) is 3.84. The number of allylic oxidation sites excluding steroid dienone is 5. The largest absolute Gasteiger partial charge is 0.313 e. The summed E-state index contributed by atoms with van der Waals surface area (Å²) in [7, 11) is 0. The van der Waals surface area contributed by atoms with E-state index in [2.05, 4.69) is 264 Å². The molecule has 13 rings (SSSR count). The summed E-state index contributed by atoms with van der Waals surface area (Å²) in [6.45, 7) is 0. The maximum absolute atomic E-state index is 2.47. The zero-order valence-electron chi connectivity index (χ0n) is 37.3. The Morgan fingerprint density at radius 1 is 0.397 bits per heavy atom. The second-order valence-corrected chi connectivity index (χ2v) is 18.7. The number of aromatic nitrogens is 1. The summed E-state index contributed by atoms with van der Waals surface area (Å²) in [6, 6.07) is 84.4. The van der Waals surface area contributed by atoms with Crippen molar-refractivity contribution in [2.24, 2.45) is 0 Å². The molecule has 1 aliphatic carbocycles. The predicted molar refractivity (Wildman–Crippen MR) is 292 cm³/mol. The van der Waals surface area contributed by atoms with E-state index in [0.29, 0.717) is 0 Å². The number of nitrogens with zero attached hydrogens (tertiary/aromatic N) is 2. The first-order chi connectivity index (χ1) is 33.7. The van der Waals surface area contributed by atoms with Gasteiger partial charge in [0, 0.05) is 60.0 Å². The minimum atomic E-state index is 0.766. The summed E-state index contributed by atoms with van der Waals surface area (Å²) in [5, 5.41) is 7.67. The lowest BCUT2D eigenvalue weighted by Crippen LogP contribution is -2.17. The van der Waals surface area contributed by atoms with Crippen molar-refractivity contribution in [2.75, 3.05) is 4.90 Å². The van der Waals surface area contributed by atoms with Crippen LogP contribution in [0.1, 0.15) is 12.0 Å². The summed E-state index contributed by atoms with van der Waals surface area (Å²) in [5.41, 5.74) is 16.6. The van der Waals surface area contributed by atoms with Gasteiger partial charge in [0.2, 0.25) is 0 Å². The molecule has 0 spiro atoms. The molecule has 320 valence electrons. The van der Waals surface area contributed by atoms with E-state index in [1.807, 2.05) is 11.3 Å². The van der Waals surface area contributed by atoms with E-state index in [-0.39, 0.29) is 0 Å². The van der Waals surface area contributed by atoms with Crippen LogP contribution >= 0.6 is 11.3 Å². The van der Waals surface area contributed by atoms with E-state index >= 15 is 0 Å². The average molecular weight is 885 g/mol. The predicted octanol–water partition coefficient (Wildman–Crippen LogP) is 18.4. The summed E-state index contributed by atoms with van der Waals surface area (Å²) in [4.78, 5) is 2.47. The number of fused-ring (bicyclic) bond motifs is 7. The third-order valence-electron chi connectivity index (χ3n) is 13.7. The summed E-state index contributed by atoms with van der Waals surface area (Å²) < 4.78 is 5.01. The van der Waals surface area contributed by atoms with Crippen LogP contribution < -0.4 is 4.90 Å². The van der Waals surface area contributed by atoms with Crippen molar-refractivity contribution >= 4 is 81.0 Å². The van der Waals surface area contributed by atoms with Crippen LogP contribution in [0.15, 0.2) is 261 Å². The molecule has 0 atom stereocenters. The maximum atomic E-state index is 2.47. The quantitative estimate of drug-likeness (QED) is 0.148. The zero-order valence-corrected chi connectivity index (χ0v) is 38.1. The minimum Gasteiger partial charge on any atom is -0.313 e. The van der Waals surface area contributed by atoms with E-state index in [0.717, 1.165) is 23.5 Å². The molecule has 68 heavy (non-hydrogen) atoms. The summed E-state index contributed by atoms with van der Waals surface area (Å²) >= 11 is 1.87. The molecule has 1 aliphatic rings. The fraction of sp³-hybridized carbons (Fsp3) is 0.0154. The van der Waals surface area contributed by atoms with Gasteiger partial charge in [-0.25, -0.2) is 0 Å². The molecule has 0 fully saturated rings. The molecule has 0 N–H and O–H groups in total. The lowest BCUT2D eigenvalue weighted by atomic mass is 9.97. The molecule has 0 saturated carbocycles. The lowest BCUT2D eigenvalue weighted by molar-refractivity contribution is 1.08. The number of hydrogen-bond donors (Lipinski definition) is 0. The van der Waals surface area contributed by atoms with Gasteiger partial charge in [0.1, 0.15) is 0 Å². The molecule has 0 saturated heterocycles. The van der Waals surface area contributed by atoms with Crippen LogP contribution in [0.5, 0.6) is 0 Å². The number of thiophene rings is 1. The highest BCUT2D eigenvalue weighted by Gasteiger charge is 2.21. The molecular weight excluding hydrogens is 841 g/mol. The van der Waals surface area contributed by atoms with Crippen molar-refractivity contribution in [1.82, 2.24) is 4.57 Å². The van der Waals surface area contributed by atoms with E-state index in [1.54, 1.807) is 0 Å². The second-order valence-electron chi connectivity index (χ2n) is 17.6. The maximum Gasteiger partial charge on any atom is 0.0541 e. The van der Waals surface area contributed by atoms with Gasteiger partial charge < -0.3 is 9.47 Å². The van der Waals surface area contributed by atoms with Crippen molar-refractivity contribution in [3.63, 3.8) is 0 Å². The molecule has 2 nitrogen and oxygen atoms in total. The van der Waals surface area contributed by atoms with Crippen LogP contribution in [0.4, 0.5) is 11.4 Å². The molecule has 2 aromatic heterocycles. The Morgan fingerprint density at radius 3 is 1.84 bits per heavy atom. The van der Waals surface area contributed by atoms with Crippen LogP contribution in [-0.4, -0.2) is 4.57 Å². The van der Waals surface area contributed by atoms with Crippen molar-refractivity contribution in [3.05, 3.63) is 266 Å². The highest BCUT2D eigenvalue weighted by molar-refractivity contribution is 7.25. The number of para-hydroxylation sites is 3. The first kappa shape index (κ1) is 39.8. The fourth-order valence-electron chi connectivity index (χ4n) is 10.4. The van der Waals surface area contributed by atoms with Gasteiger partial charge in [0.15, 0.2) is 0 Å². The lowest BCUT2D eigenvalue weighted by Gasteiger charge is -2.30. The van der Waals surface area contributed by atoms with E-state index in [1.165, 1.54) is 103 Å². The normalized spacial score (nSPS) is 12.8. The number of hydrogen-bond acceptors (Lipinski definition) is 2. The standard InChI is InChI=1S/C65H44N2S/c1-2-20-54-47(14-1)16-13-25-55(54)48-35-39-52(40-36-48)66(61-26-7-3-21-56(61)50-37-41-60-59-24-6-10-29-64(59)68-65(60)43-50)51-18-11-15-44(34-38-51)45-30-32-46(33-31-45)49-17-12-19-53(42-49)67-62-27-8-4-22-57(62)58-23-5-9-28-63(58)67/h1-17,19-43H,18H2. The van der Waals surface area contributed by atoms with Gasteiger partial charge in [0.05, 0.1) is 16.7 Å². The molecule has 0 amide bonds. The molecule has 0 bridgehead atoms. The number of rotatable bonds is 8. The Labute approximate surface area is 399 Å². The monoisotopic (exact) mass is 884 g/mol. The number of benzene rings is 10.